The Hall–Kier alpha value is -2.13. The van der Waals surface area contributed by atoms with Gasteiger partial charge in [0.25, 0.3) is 0 Å². The van der Waals surface area contributed by atoms with Crippen molar-refractivity contribution in [2.45, 2.75) is 6.42 Å². The molecule has 6 heteroatoms. The van der Waals surface area contributed by atoms with Gasteiger partial charge >= 0.3 is 0 Å². The van der Waals surface area contributed by atoms with Crippen LogP contribution in [0.3, 0.4) is 0 Å². The van der Waals surface area contributed by atoms with Crippen molar-refractivity contribution in [3.8, 4) is 11.8 Å². The molecule has 0 saturated heterocycles. The summed E-state index contributed by atoms with van der Waals surface area (Å²) in [6.07, 6.45) is 2.02. The fourth-order valence-electron chi connectivity index (χ4n) is 1.28. The molecule has 82 valence electrons. The Morgan fingerprint density at radius 1 is 1.50 bits per heavy atom. The Labute approximate surface area is 92.1 Å². The molecule has 0 spiro atoms. The van der Waals surface area contributed by atoms with Gasteiger partial charge in [0, 0.05) is 13.5 Å². The van der Waals surface area contributed by atoms with Gasteiger partial charge in [-0.3, -0.25) is 0 Å². The number of aryl methyl sites for hydroxylation is 1. The number of anilines is 1. The van der Waals surface area contributed by atoms with Crippen molar-refractivity contribution in [1.82, 2.24) is 19.5 Å². The van der Waals surface area contributed by atoms with Gasteiger partial charge in [0.05, 0.1) is 12.9 Å². The van der Waals surface area contributed by atoms with Gasteiger partial charge in [0.2, 0.25) is 5.82 Å². The zero-order valence-corrected chi connectivity index (χ0v) is 8.80. The van der Waals surface area contributed by atoms with Crippen LogP contribution in [-0.4, -0.2) is 31.2 Å². The fourth-order valence-corrected chi connectivity index (χ4v) is 1.28. The summed E-state index contributed by atoms with van der Waals surface area (Å²) < 4.78 is 1.75. The molecule has 16 heavy (non-hydrogen) atoms. The summed E-state index contributed by atoms with van der Waals surface area (Å²) in [5, 5.41) is 8.60. The van der Waals surface area contributed by atoms with Gasteiger partial charge in [-0.25, -0.2) is 15.0 Å². The van der Waals surface area contributed by atoms with Crippen LogP contribution in [0.2, 0.25) is 0 Å². The monoisotopic (exact) mass is 217 g/mol. The molecule has 2 heterocycles. The third-order valence-electron chi connectivity index (χ3n) is 2.02. The number of fused-ring (bicyclic) bond motifs is 1. The van der Waals surface area contributed by atoms with Crippen molar-refractivity contribution in [3.05, 3.63) is 12.2 Å². The maximum absolute atomic E-state index is 8.60. The number of imidazole rings is 1. The zero-order valence-electron chi connectivity index (χ0n) is 8.80. The summed E-state index contributed by atoms with van der Waals surface area (Å²) in [4.78, 5) is 12.3. The number of nitrogens with two attached hydrogens (primary N) is 1. The van der Waals surface area contributed by atoms with E-state index in [0.29, 0.717) is 29.2 Å². The first kappa shape index (κ1) is 10.4. The van der Waals surface area contributed by atoms with Crippen molar-refractivity contribution in [3.63, 3.8) is 0 Å². The molecule has 0 fully saturated rings. The van der Waals surface area contributed by atoms with Crippen LogP contribution >= 0.6 is 0 Å². The molecule has 2 rings (SSSR count). The predicted molar refractivity (Wildman–Crippen MR) is 59.3 cm³/mol. The van der Waals surface area contributed by atoms with E-state index >= 15 is 0 Å². The van der Waals surface area contributed by atoms with Crippen LogP contribution in [0.5, 0.6) is 0 Å². The highest BCUT2D eigenvalue weighted by Crippen LogP contribution is 2.14. The van der Waals surface area contributed by atoms with E-state index < -0.39 is 0 Å². The van der Waals surface area contributed by atoms with Gasteiger partial charge in [-0.05, 0) is 5.92 Å². The van der Waals surface area contributed by atoms with Crippen molar-refractivity contribution >= 4 is 17.0 Å². The second-order valence-corrected chi connectivity index (χ2v) is 3.24. The highest BCUT2D eigenvalue weighted by Gasteiger charge is 2.07. The van der Waals surface area contributed by atoms with Crippen LogP contribution in [0.1, 0.15) is 12.2 Å². The average Bonchev–Trinajstić information content (AvgIpc) is 2.62. The van der Waals surface area contributed by atoms with Crippen molar-refractivity contribution < 1.29 is 5.11 Å². The lowest BCUT2D eigenvalue weighted by molar-refractivity contribution is 0.305. The summed E-state index contributed by atoms with van der Waals surface area (Å²) in [6.45, 7) is 0.0242. The number of nitrogen functional groups attached to an aromatic ring is 1. The second kappa shape index (κ2) is 4.16. The Bertz CT molecular complexity index is 578. The molecule has 0 radical (unpaired) electrons. The number of rotatable bonds is 1. The lowest BCUT2D eigenvalue weighted by Gasteiger charge is -1.97. The normalized spacial score (nSPS) is 10.1. The summed E-state index contributed by atoms with van der Waals surface area (Å²) >= 11 is 0. The van der Waals surface area contributed by atoms with E-state index in [-0.39, 0.29) is 6.61 Å². The molecule has 0 aliphatic heterocycles. The van der Waals surface area contributed by atoms with Crippen LogP contribution in [0, 0.1) is 11.8 Å². The van der Waals surface area contributed by atoms with Crippen LogP contribution in [-0.2, 0) is 7.05 Å². The zero-order chi connectivity index (χ0) is 11.5. The molecule has 0 aliphatic rings. The molecule has 0 aromatic carbocycles. The van der Waals surface area contributed by atoms with Crippen LogP contribution in [0.15, 0.2) is 6.33 Å². The predicted octanol–water partition coefficient (Wildman–Crippen LogP) is -0.321. The molecular weight excluding hydrogens is 206 g/mol. The van der Waals surface area contributed by atoms with Gasteiger partial charge in [-0.15, -0.1) is 0 Å². The molecule has 0 aliphatic carbocycles. The smallest absolute Gasteiger partial charge is 0.208 e. The van der Waals surface area contributed by atoms with E-state index in [1.807, 2.05) is 7.05 Å². The minimum Gasteiger partial charge on any atom is -0.395 e. The number of aliphatic hydroxyl groups is 1. The molecule has 0 saturated carbocycles. The maximum Gasteiger partial charge on any atom is 0.208 e. The van der Waals surface area contributed by atoms with E-state index in [0.717, 1.165) is 0 Å². The Morgan fingerprint density at radius 3 is 3.06 bits per heavy atom. The van der Waals surface area contributed by atoms with E-state index in [9.17, 15) is 0 Å². The van der Waals surface area contributed by atoms with E-state index in [4.69, 9.17) is 10.8 Å². The molecule has 2 aromatic rings. The SMILES string of the molecule is Cn1cnc2c(N)nc(C#CCCO)nc21. The highest BCUT2D eigenvalue weighted by atomic mass is 16.2. The van der Waals surface area contributed by atoms with Crippen molar-refractivity contribution in [2.24, 2.45) is 7.05 Å². The molecule has 0 amide bonds. The minimum absolute atomic E-state index is 0.0242. The molecule has 0 unspecified atom stereocenters. The topological polar surface area (TPSA) is 89.9 Å². The van der Waals surface area contributed by atoms with Crippen LogP contribution in [0.4, 0.5) is 5.82 Å². The van der Waals surface area contributed by atoms with Gasteiger partial charge in [-0.2, -0.15) is 0 Å². The van der Waals surface area contributed by atoms with E-state index in [1.54, 1.807) is 10.9 Å². The molecule has 6 nitrogen and oxygen atoms in total. The first-order valence-corrected chi connectivity index (χ1v) is 4.76. The quantitative estimate of drug-likeness (QED) is 0.639. The molecular formula is C10H11N5O. The Morgan fingerprint density at radius 2 is 2.31 bits per heavy atom. The number of aliphatic hydroxyl groups excluding tert-OH is 1. The average molecular weight is 217 g/mol. The van der Waals surface area contributed by atoms with Crippen LogP contribution in [0.25, 0.3) is 11.2 Å². The first-order chi connectivity index (χ1) is 7.72. The Balaban J connectivity index is 2.49. The molecule has 3 N–H and O–H groups in total. The molecule has 0 bridgehead atoms. The number of nitrogens with zero attached hydrogens (tertiary/aromatic N) is 4. The fraction of sp³-hybridized carbons (Fsp3) is 0.300. The number of hydrogen-bond donors (Lipinski definition) is 2. The summed E-state index contributed by atoms with van der Waals surface area (Å²) in [5.74, 6) is 6.15. The van der Waals surface area contributed by atoms with Gasteiger partial charge < -0.3 is 15.4 Å². The summed E-state index contributed by atoms with van der Waals surface area (Å²) in [7, 11) is 1.83. The third-order valence-corrected chi connectivity index (χ3v) is 2.02. The first-order valence-electron chi connectivity index (χ1n) is 4.76. The van der Waals surface area contributed by atoms with Gasteiger partial charge in [-0.1, -0.05) is 5.92 Å². The van der Waals surface area contributed by atoms with Gasteiger partial charge in [0.15, 0.2) is 11.5 Å². The van der Waals surface area contributed by atoms with E-state index in [2.05, 4.69) is 26.8 Å². The third kappa shape index (κ3) is 1.81. The largest absolute Gasteiger partial charge is 0.395 e. The maximum atomic E-state index is 8.60. The summed E-state index contributed by atoms with van der Waals surface area (Å²) in [6, 6.07) is 0. The standard InChI is InChI=1S/C10H11N5O/c1-15-6-12-8-9(11)13-7(14-10(8)15)4-2-3-5-16/h6,16H,3,5H2,1H3,(H2,11,13,14). The van der Waals surface area contributed by atoms with Crippen LogP contribution < -0.4 is 5.73 Å². The van der Waals surface area contributed by atoms with E-state index in [1.165, 1.54) is 0 Å². The lowest BCUT2D eigenvalue weighted by atomic mass is 10.4. The van der Waals surface area contributed by atoms with Gasteiger partial charge in [0.1, 0.15) is 5.52 Å². The second-order valence-electron chi connectivity index (χ2n) is 3.24. The molecule has 2 aromatic heterocycles. The summed E-state index contributed by atoms with van der Waals surface area (Å²) in [5.41, 5.74) is 6.96. The van der Waals surface area contributed by atoms with Crippen molar-refractivity contribution in [1.29, 1.82) is 0 Å². The Kier molecular flexibility index (Phi) is 2.70. The highest BCUT2D eigenvalue weighted by molar-refractivity contribution is 5.81. The lowest BCUT2D eigenvalue weighted by Crippen LogP contribution is -1.99. The molecule has 0 atom stereocenters. The minimum atomic E-state index is 0.0242. The number of aromatic nitrogens is 4. The number of hydrogen-bond acceptors (Lipinski definition) is 5. The van der Waals surface area contributed by atoms with Crippen molar-refractivity contribution in [2.75, 3.05) is 12.3 Å².